The van der Waals surface area contributed by atoms with Gasteiger partial charge in [-0.1, -0.05) is 31.5 Å². The predicted molar refractivity (Wildman–Crippen MR) is 65.7 cm³/mol. The largest absolute Gasteiger partial charge is 0.508 e. The number of aromatic hydroxyl groups is 1. The molecule has 0 aromatic heterocycles. The Morgan fingerprint density at radius 1 is 1.47 bits per heavy atom. The summed E-state index contributed by atoms with van der Waals surface area (Å²) in [7, 11) is 1.38. The van der Waals surface area contributed by atoms with Crippen LogP contribution in [0.4, 0.5) is 0 Å². The molecular formula is C13H19NO3. The van der Waals surface area contributed by atoms with Crippen LogP contribution in [0.25, 0.3) is 0 Å². The number of nitrogens with one attached hydrogen (secondary N) is 1. The first-order valence-corrected chi connectivity index (χ1v) is 5.77. The van der Waals surface area contributed by atoms with Crippen molar-refractivity contribution in [1.82, 2.24) is 5.32 Å². The molecule has 0 radical (unpaired) electrons. The van der Waals surface area contributed by atoms with Crippen LogP contribution >= 0.6 is 0 Å². The zero-order valence-electron chi connectivity index (χ0n) is 10.3. The van der Waals surface area contributed by atoms with Gasteiger partial charge in [0.1, 0.15) is 11.8 Å². The number of phenolic OH excluding ortho intramolecular Hbond substituents is 1. The molecule has 1 aromatic carbocycles. The fourth-order valence-corrected chi connectivity index (χ4v) is 1.63. The maximum Gasteiger partial charge on any atom is 0.322 e. The van der Waals surface area contributed by atoms with Crippen LogP contribution in [0.3, 0.4) is 0 Å². The first kappa shape index (κ1) is 13.5. The van der Waals surface area contributed by atoms with E-state index in [1.165, 1.54) is 7.11 Å². The van der Waals surface area contributed by atoms with Gasteiger partial charge >= 0.3 is 5.97 Å². The van der Waals surface area contributed by atoms with Crippen LogP contribution in [0.1, 0.15) is 25.3 Å². The van der Waals surface area contributed by atoms with E-state index < -0.39 is 0 Å². The Kier molecular flexibility index (Phi) is 5.49. The average Bonchev–Trinajstić information content (AvgIpc) is 2.35. The van der Waals surface area contributed by atoms with Crippen LogP contribution in [-0.4, -0.2) is 24.2 Å². The molecule has 0 heterocycles. The lowest BCUT2D eigenvalue weighted by molar-refractivity contribution is -0.143. The Bertz CT molecular complexity index is 365. The van der Waals surface area contributed by atoms with Gasteiger partial charge in [0, 0.05) is 12.1 Å². The molecule has 1 atom stereocenters. The second-order valence-corrected chi connectivity index (χ2v) is 3.87. The monoisotopic (exact) mass is 237 g/mol. The highest BCUT2D eigenvalue weighted by Crippen LogP contribution is 2.15. The molecule has 1 unspecified atom stereocenters. The highest BCUT2D eigenvalue weighted by Gasteiger charge is 2.17. The number of methoxy groups -OCH3 is 1. The van der Waals surface area contributed by atoms with Crippen molar-refractivity contribution in [2.45, 2.75) is 32.4 Å². The number of benzene rings is 1. The molecule has 0 amide bonds. The van der Waals surface area contributed by atoms with E-state index in [1.54, 1.807) is 12.1 Å². The molecular weight excluding hydrogens is 218 g/mol. The summed E-state index contributed by atoms with van der Waals surface area (Å²) in [6, 6.07) is 6.75. The first-order valence-electron chi connectivity index (χ1n) is 5.77. The molecule has 4 heteroatoms. The molecule has 0 aliphatic carbocycles. The number of esters is 1. The van der Waals surface area contributed by atoms with Crippen LogP contribution in [0, 0.1) is 0 Å². The molecule has 0 aliphatic rings. The van der Waals surface area contributed by atoms with Gasteiger partial charge in [0.05, 0.1) is 7.11 Å². The number of carbonyl (C=O) groups excluding carboxylic acids is 1. The van der Waals surface area contributed by atoms with Crippen molar-refractivity contribution >= 4 is 5.97 Å². The Labute approximate surface area is 102 Å². The maximum atomic E-state index is 11.5. The number of phenols is 1. The van der Waals surface area contributed by atoms with Crippen LogP contribution in [-0.2, 0) is 16.1 Å². The summed E-state index contributed by atoms with van der Waals surface area (Å²) < 4.78 is 4.72. The molecule has 94 valence electrons. The molecule has 1 rings (SSSR count). The smallest absolute Gasteiger partial charge is 0.322 e. The zero-order valence-corrected chi connectivity index (χ0v) is 10.3. The summed E-state index contributed by atoms with van der Waals surface area (Å²) >= 11 is 0. The second kappa shape index (κ2) is 6.91. The van der Waals surface area contributed by atoms with Crippen molar-refractivity contribution in [3.63, 3.8) is 0 Å². The average molecular weight is 237 g/mol. The number of hydrogen-bond donors (Lipinski definition) is 2. The van der Waals surface area contributed by atoms with Crippen LogP contribution in [0.5, 0.6) is 5.75 Å². The SMILES string of the molecule is CCCC(NCc1ccccc1O)C(=O)OC. The fraction of sp³-hybridized carbons (Fsp3) is 0.462. The molecule has 0 aliphatic heterocycles. The third-order valence-electron chi connectivity index (χ3n) is 2.59. The lowest BCUT2D eigenvalue weighted by Crippen LogP contribution is -2.37. The minimum absolute atomic E-state index is 0.236. The number of carbonyl (C=O) groups is 1. The highest BCUT2D eigenvalue weighted by molar-refractivity contribution is 5.75. The van der Waals surface area contributed by atoms with Gasteiger partial charge in [-0.25, -0.2) is 0 Å². The molecule has 0 fully saturated rings. The van der Waals surface area contributed by atoms with Crippen LogP contribution < -0.4 is 5.32 Å². The van der Waals surface area contributed by atoms with Crippen molar-refractivity contribution in [3.05, 3.63) is 29.8 Å². The van der Waals surface area contributed by atoms with E-state index in [4.69, 9.17) is 4.74 Å². The van der Waals surface area contributed by atoms with E-state index in [0.717, 1.165) is 18.4 Å². The van der Waals surface area contributed by atoms with E-state index in [0.29, 0.717) is 6.54 Å². The van der Waals surface area contributed by atoms with E-state index in [2.05, 4.69) is 5.32 Å². The molecule has 0 saturated heterocycles. The van der Waals surface area contributed by atoms with Gasteiger partial charge in [0.2, 0.25) is 0 Å². The van der Waals surface area contributed by atoms with Crippen LogP contribution in [0.15, 0.2) is 24.3 Å². The van der Waals surface area contributed by atoms with E-state index in [-0.39, 0.29) is 17.8 Å². The molecule has 0 bridgehead atoms. The van der Waals surface area contributed by atoms with Crippen molar-refractivity contribution in [2.24, 2.45) is 0 Å². The van der Waals surface area contributed by atoms with Crippen molar-refractivity contribution in [2.75, 3.05) is 7.11 Å². The quantitative estimate of drug-likeness (QED) is 0.741. The summed E-state index contributed by atoms with van der Waals surface area (Å²) in [6.07, 6.45) is 1.62. The summed E-state index contributed by atoms with van der Waals surface area (Å²) in [6.45, 7) is 2.46. The van der Waals surface area contributed by atoms with Gasteiger partial charge in [-0.2, -0.15) is 0 Å². The lowest BCUT2D eigenvalue weighted by Gasteiger charge is -2.16. The first-order chi connectivity index (χ1) is 8.19. The molecule has 17 heavy (non-hydrogen) atoms. The topological polar surface area (TPSA) is 58.6 Å². The summed E-state index contributed by atoms with van der Waals surface area (Å²) in [4.78, 5) is 11.5. The maximum absolute atomic E-state index is 11.5. The van der Waals surface area contributed by atoms with Crippen molar-refractivity contribution in [3.8, 4) is 5.75 Å². The third kappa shape index (κ3) is 4.07. The van der Waals surface area contributed by atoms with Gasteiger partial charge in [-0.3, -0.25) is 4.79 Å². The van der Waals surface area contributed by atoms with E-state index in [1.807, 2.05) is 19.1 Å². The summed E-state index contributed by atoms with van der Waals surface area (Å²) in [5.74, 6) is -0.0256. The fourth-order valence-electron chi connectivity index (χ4n) is 1.63. The minimum atomic E-state index is -0.315. The van der Waals surface area contributed by atoms with Crippen LogP contribution in [0.2, 0.25) is 0 Å². The lowest BCUT2D eigenvalue weighted by atomic mass is 10.1. The number of para-hydroxylation sites is 1. The Balaban J connectivity index is 2.57. The van der Waals surface area contributed by atoms with Gasteiger partial charge in [-0.15, -0.1) is 0 Å². The molecule has 4 nitrogen and oxygen atoms in total. The van der Waals surface area contributed by atoms with Gasteiger partial charge < -0.3 is 15.2 Å². The van der Waals surface area contributed by atoms with E-state index >= 15 is 0 Å². The van der Waals surface area contributed by atoms with Crippen molar-refractivity contribution in [1.29, 1.82) is 0 Å². The Morgan fingerprint density at radius 2 is 2.18 bits per heavy atom. The molecule has 0 saturated carbocycles. The molecule has 0 spiro atoms. The molecule has 1 aromatic rings. The highest BCUT2D eigenvalue weighted by atomic mass is 16.5. The second-order valence-electron chi connectivity index (χ2n) is 3.87. The number of ether oxygens (including phenoxy) is 1. The van der Waals surface area contributed by atoms with Crippen molar-refractivity contribution < 1.29 is 14.6 Å². The zero-order chi connectivity index (χ0) is 12.7. The van der Waals surface area contributed by atoms with E-state index in [9.17, 15) is 9.90 Å². The third-order valence-corrected chi connectivity index (χ3v) is 2.59. The number of hydrogen-bond acceptors (Lipinski definition) is 4. The number of rotatable bonds is 6. The minimum Gasteiger partial charge on any atom is -0.508 e. The normalized spacial score (nSPS) is 12.1. The standard InChI is InChI=1S/C13H19NO3/c1-3-6-11(13(16)17-2)14-9-10-7-4-5-8-12(10)15/h4-5,7-8,11,14-15H,3,6,9H2,1-2H3. The Morgan fingerprint density at radius 3 is 2.76 bits per heavy atom. The van der Waals surface area contributed by atoms with Gasteiger partial charge in [0.15, 0.2) is 0 Å². The van der Waals surface area contributed by atoms with Gasteiger partial charge in [0.25, 0.3) is 0 Å². The predicted octanol–water partition coefficient (Wildman–Crippen LogP) is 1.82. The summed E-state index contributed by atoms with van der Waals surface area (Å²) in [5, 5.41) is 12.7. The Hall–Kier alpha value is -1.55. The molecule has 2 N–H and O–H groups in total. The summed E-state index contributed by atoms with van der Waals surface area (Å²) in [5.41, 5.74) is 0.775. The van der Waals surface area contributed by atoms with Gasteiger partial charge in [-0.05, 0) is 12.5 Å².